The second-order valence-corrected chi connectivity index (χ2v) is 4.76. The van der Waals surface area contributed by atoms with E-state index in [1.807, 2.05) is 25.3 Å². The largest absolute Gasteiger partial charge is 0.481 e. The number of anilines is 1. The molecular formula is C13H18N2O2. The summed E-state index contributed by atoms with van der Waals surface area (Å²) in [6.07, 6.45) is 5.32. The summed E-state index contributed by atoms with van der Waals surface area (Å²) in [6, 6.07) is 4.19. The summed E-state index contributed by atoms with van der Waals surface area (Å²) >= 11 is 0. The van der Waals surface area contributed by atoms with Gasteiger partial charge in [0.1, 0.15) is 5.82 Å². The van der Waals surface area contributed by atoms with Crippen LogP contribution in [0.1, 0.15) is 31.2 Å². The van der Waals surface area contributed by atoms with Gasteiger partial charge in [0.15, 0.2) is 0 Å². The first kappa shape index (κ1) is 11.9. The number of pyridine rings is 1. The van der Waals surface area contributed by atoms with Crippen LogP contribution < -0.4 is 5.32 Å². The van der Waals surface area contributed by atoms with Crippen molar-refractivity contribution in [2.75, 3.05) is 5.32 Å². The van der Waals surface area contributed by atoms with Crippen molar-refractivity contribution in [3.05, 3.63) is 23.9 Å². The molecule has 4 nitrogen and oxygen atoms in total. The quantitative estimate of drug-likeness (QED) is 0.843. The SMILES string of the molecule is Cc1ccc(NC2CCCC(C(=O)O)C2)nc1. The molecule has 0 spiro atoms. The van der Waals surface area contributed by atoms with Gasteiger partial charge in [0.25, 0.3) is 0 Å². The molecule has 1 fully saturated rings. The summed E-state index contributed by atoms with van der Waals surface area (Å²) in [5, 5.41) is 12.3. The van der Waals surface area contributed by atoms with Crippen molar-refractivity contribution < 1.29 is 9.90 Å². The van der Waals surface area contributed by atoms with E-state index in [0.29, 0.717) is 6.42 Å². The average Bonchev–Trinajstić information content (AvgIpc) is 2.32. The highest BCUT2D eigenvalue weighted by Gasteiger charge is 2.26. The van der Waals surface area contributed by atoms with Gasteiger partial charge < -0.3 is 10.4 Å². The van der Waals surface area contributed by atoms with E-state index in [0.717, 1.165) is 30.6 Å². The summed E-state index contributed by atoms with van der Waals surface area (Å²) in [4.78, 5) is 15.2. The van der Waals surface area contributed by atoms with Gasteiger partial charge in [-0.2, -0.15) is 0 Å². The van der Waals surface area contributed by atoms with E-state index in [9.17, 15) is 4.79 Å². The number of rotatable bonds is 3. The number of aromatic nitrogens is 1. The molecule has 1 aliphatic carbocycles. The fourth-order valence-corrected chi connectivity index (χ4v) is 2.31. The van der Waals surface area contributed by atoms with Crippen LogP contribution in [0.3, 0.4) is 0 Å². The van der Waals surface area contributed by atoms with Crippen molar-refractivity contribution >= 4 is 11.8 Å². The summed E-state index contributed by atoms with van der Waals surface area (Å²) in [7, 11) is 0. The molecule has 2 atom stereocenters. The molecule has 1 aliphatic rings. The molecule has 1 aromatic rings. The van der Waals surface area contributed by atoms with Gasteiger partial charge in [-0.1, -0.05) is 12.5 Å². The lowest BCUT2D eigenvalue weighted by molar-refractivity contribution is -0.142. The van der Waals surface area contributed by atoms with E-state index in [-0.39, 0.29) is 12.0 Å². The summed E-state index contributed by atoms with van der Waals surface area (Å²) in [6.45, 7) is 2.00. The molecule has 4 heteroatoms. The van der Waals surface area contributed by atoms with Crippen LogP contribution in [0.25, 0.3) is 0 Å². The maximum atomic E-state index is 11.0. The lowest BCUT2D eigenvalue weighted by atomic mass is 9.86. The molecule has 2 unspecified atom stereocenters. The number of carboxylic acid groups (broad SMARTS) is 1. The summed E-state index contributed by atoms with van der Waals surface area (Å²) in [5.74, 6) is -0.0355. The van der Waals surface area contributed by atoms with E-state index in [1.165, 1.54) is 0 Å². The molecule has 92 valence electrons. The minimum Gasteiger partial charge on any atom is -0.481 e. The van der Waals surface area contributed by atoms with E-state index in [4.69, 9.17) is 5.11 Å². The summed E-state index contributed by atoms with van der Waals surface area (Å²) < 4.78 is 0. The number of carbonyl (C=O) groups is 1. The number of carboxylic acids is 1. The third-order valence-corrected chi connectivity index (χ3v) is 3.29. The molecule has 0 aromatic carbocycles. The van der Waals surface area contributed by atoms with Gasteiger partial charge in [0, 0.05) is 12.2 Å². The number of nitrogens with one attached hydrogen (secondary N) is 1. The third-order valence-electron chi connectivity index (χ3n) is 3.29. The normalized spacial score (nSPS) is 24.3. The van der Waals surface area contributed by atoms with Gasteiger partial charge >= 0.3 is 5.97 Å². The Morgan fingerprint density at radius 3 is 2.94 bits per heavy atom. The predicted octanol–water partition coefficient (Wildman–Crippen LogP) is 2.45. The van der Waals surface area contributed by atoms with Gasteiger partial charge in [-0.15, -0.1) is 0 Å². The van der Waals surface area contributed by atoms with Gasteiger partial charge in [-0.25, -0.2) is 4.98 Å². The van der Waals surface area contributed by atoms with E-state index in [1.54, 1.807) is 0 Å². The van der Waals surface area contributed by atoms with Crippen LogP contribution in [0.2, 0.25) is 0 Å². The molecule has 1 heterocycles. The highest BCUT2D eigenvalue weighted by molar-refractivity contribution is 5.70. The lowest BCUT2D eigenvalue weighted by Crippen LogP contribution is -2.31. The van der Waals surface area contributed by atoms with Crippen molar-refractivity contribution in [2.45, 2.75) is 38.6 Å². The number of hydrogen-bond acceptors (Lipinski definition) is 3. The lowest BCUT2D eigenvalue weighted by Gasteiger charge is -2.27. The Balaban J connectivity index is 1.94. The monoisotopic (exact) mass is 234 g/mol. The Kier molecular flexibility index (Phi) is 3.61. The molecule has 2 rings (SSSR count). The zero-order valence-corrected chi connectivity index (χ0v) is 10.0. The number of aliphatic carboxylic acids is 1. The molecule has 0 amide bonds. The average molecular weight is 234 g/mol. The first-order valence-electron chi connectivity index (χ1n) is 6.07. The van der Waals surface area contributed by atoms with E-state index < -0.39 is 5.97 Å². The molecular weight excluding hydrogens is 216 g/mol. The fraction of sp³-hybridized carbons (Fsp3) is 0.538. The first-order valence-corrected chi connectivity index (χ1v) is 6.07. The smallest absolute Gasteiger partial charge is 0.306 e. The highest BCUT2D eigenvalue weighted by atomic mass is 16.4. The maximum Gasteiger partial charge on any atom is 0.306 e. The van der Waals surface area contributed by atoms with Gasteiger partial charge in [-0.05, 0) is 37.8 Å². The Bertz CT molecular complexity index is 389. The van der Waals surface area contributed by atoms with E-state index in [2.05, 4.69) is 10.3 Å². The van der Waals surface area contributed by atoms with Gasteiger partial charge in [0.2, 0.25) is 0 Å². The number of nitrogens with zero attached hydrogens (tertiary/aromatic N) is 1. The van der Waals surface area contributed by atoms with Crippen LogP contribution in [0, 0.1) is 12.8 Å². The Morgan fingerprint density at radius 1 is 1.47 bits per heavy atom. The minimum absolute atomic E-state index is 0.202. The Labute approximate surface area is 101 Å². The van der Waals surface area contributed by atoms with Crippen molar-refractivity contribution in [3.63, 3.8) is 0 Å². The molecule has 0 bridgehead atoms. The fourth-order valence-electron chi connectivity index (χ4n) is 2.31. The Hall–Kier alpha value is -1.58. The van der Waals surface area contributed by atoms with Crippen LogP contribution in [-0.2, 0) is 4.79 Å². The molecule has 0 radical (unpaired) electrons. The molecule has 0 aliphatic heterocycles. The molecule has 1 aromatic heterocycles. The van der Waals surface area contributed by atoms with E-state index >= 15 is 0 Å². The van der Waals surface area contributed by atoms with Crippen molar-refractivity contribution in [1.29, 1.82) is 0 Å². The maximum absolute atomic E-state index is 11.0. The molecule has 2 N–H and O–H groups in total. The first-order chi connectivity index (χ1) is 8.15. The van der Waals surface area contributed by atoms with Gasteiger partial charge in [0.05, 0.1) is 5.92 Å². The molecule has 17 heavy (non-hydrogen) atoms. The molecule has 0 saturated heterocycles. The number of aryl methyl sites for hydroxylation is 1. The topological polar surface area (TPSA) is 62.2 Å². The van der Waals surface area contributed by atoms with Crippen LogP contribution >= 0.6 is 0 Å². The van der Waals surface area contributed by atoms with Crippen molar-refractivity contribution in [3.8, 4) is 0 Å². The highest BCUT2D eigenvalue weighted by Crippen LogP contribution is 2.26. The van der Waals surface area contributed by atoms with Crippen molar-refractivity contribution in [2.24, 2.45) is 5.92 Å². The number of hydrogen-bond donors (Lipinski definition) is 2. The zero-order valence-electron chi connectivity index (χ0n) is 10.0. The van der Waals surface area contributed by atoms with Gasteiger partial charge in [-0.3, -0.25) is 4.79 Å². The standard InChI is InChI=1S/C13H18N2O2/c1-9-5-6-12(14-8-9)15-11-4-2-3-10(7-11)13(16)17/h5-6,8,10-11H,2-4,7H2,1H3,(H,14,15)(H,16,17). The second-order valence-electron chi connectivity index (χ2n) is 4.76. The van der Waals surface area contributed by atoms with Crippen LogP contribution in [0.15, 0.2) is 18.3 Å². The predicted molar refractivity (Wildman–Crippen MR) is 66.0 cm³/mol. The van der Waals surface area contributed by atoms with Crippen LogP contribution in [0.5, 0.6) is 0 Å². The second kappa shape index (κ2) is 5.17. The minimum atomic E-state index is -0.673. The van der Waals surface area contributed by atoms with Crippen LogP contribution in [0.4, 0.5) is 5.82 Å². The zero-order chi connectivity index (χ0) is 12.3. The Morgan fingerprint density at radius 2 is 2.29 bits per heavy atom. The third kappa shape index (κ3) is 3.19. The van der Waals surface area contributed by atoms with Crippen molar-refractivity contribution in [1.82, 2.24) is 4.98 Å². The van der Waals surface area contributed by atoms with Crippen LogP contribution in [-0.4, -0.2) is 22.1 Å². The molecule has 1 saturated carbocycles. The summed E-state index contributed by atoms with van der Waals surface area (Å²) in [5.41, 5.74) is 1.13.